The average molecular weight is 248 g/mol. The van der Waals surface area contributed by atoms with E-state index in [-0.39, 0.29) is 11.9 Å². The Hall–Kier alpha value is -0.690. The first-order valence-electron chi connectivity index (χ1n) is 5.82. The second-order valence-electron chi connectivity index (χ2n) is 3.44. The van der Waals surface area contributed by atoms with Crippen LogP contribution in [0.2, 0.25) is 0 Å². The molecule has 6 heteroatoms. The van der Waals surface area contributed by atoms with Gasteiger partial charge in [-0.3, -0.25) is 5.41 Å². The summed E-state index contributed by atoms with van der Waals surface area (Å²) >= 11 is 0. The predicted molar refractivity (Wildman–Crippen MR) is 65.5 cm³/mol. The zero-order valence-corrected chi connectivity index (χ0v) is 10.7. The maximum Gasteiger partial charge on any atom is 0.120 e. The summed E-state index contributed by atoms with van der Waals surface area (Å²) in [5.41, 5.74) is 5.34. The van der Waals surface area contributed by atoms with Crippen molar-refractivity contribution in [2.24, 2.45) is 5.73 Å². The molecule has 1 unspecified atom stereocenters. The van der Waals surface area contributed by atoms with Gasteiger partial charge in [-0.05, 0) is 6.42 Å². The van der Waals surface area contributed by atoms with Crippen molar-refractivity contribution in [3.63, 3.8) is 0 Å². The molecule has 0 heterocycles. The second-order valence-corrected chi connectivity index (χ2v) is 3.44. The van der Waals surface area contributed by atoms with E-state index in [9.17, 15) is 0 Å². The molecule has 0 spiro atoms. The van der Waals surface area contributed by atoms with E-state index in [0.717, 1.165) is 0 Å². The maximum absolute atomic E-state index is 7.24. The largest absolute Gasteiger partial charge is 0.385 e. The summed E-state index contributed by atoms with van der Waals surface area (Å²) < 4.78 is 20.7. The van der Waals surface area contributed by atoms with Gasteiger partial charge in [0.1, 0.15) is 11.9 Å². The summed E-state index contributed by atoms with van der Waals surface area (Å²) in [6.07, 6.45) is 0.409. The van der Waals surface area contributed by atoms with Gasteiger partial charge in [-0.2, -0.15) is 0 Å². The van der Waals surface area contributed by atoms with Crippen LogP contribution in [0.4, 0.5) is 0 Å². The fourth-order valence-electron chi connectivity index (χ4n) is 1.14. The van der Waals surface area contributed by atoms with Gasteiger partial charge in [0.25, 0.3) is 0 Å². The van der Waals surface area contributed by atoms with Crippen molar-refractivity contribution in [1.82, 2.24) is 0 Å². The Kier molecular flexibility index (Phi) is 11.3. The number of ether oxygens (including phenoxy) is 4. The molecule has 0 amide bonds. The Morgan fingerprint density at radius 3 is 2.06 bits per heavy atom. The van der Waals surface area contributed by atoms with Crippen LogP contribution in [0.1, 0.15) is 13.3 Å². The van der Waals surface area contributed by atoms with E-state index in [1.54, 1.807) is 7.11 Å². The van der Waals surface area contributed by atoms with Crippen LogP contribution in [0, 0.1) is 5.41 Å². The zero-order valence-electron chi connectivity index (χ0n) is 10.7. The normalized spacial score (nSPS) is 12.6. The molecule has 0 fully saturated rings. The van der Waals surface area contributed by atoms with E-state index in [0.29, 0.717) is 46.1 Å². The molecule has 6 nitrogen and oxygen atoms in total. The van der Waals surface area contributed by atoms with E-state index in [4.69, 9.17) is 30.1 Å². The quantitative estimate of drug-likeness (QED) is 0.296. The van der Waals surface area contributed by atoms with Crippen LogP contribution in [0.5, 0.6) is 0 Å². The third-order valence-electron chi connectivity index (χ3n) is 2.07. The zero-order chi connectivity index (χ0) is 12.9. The third-order valence-corrected chi connectivity index (χ3v) is 2.07. The fourth-order valence-corrected chi connectivity index (χ4v) is 1.14. The SMILES string of the molecule is CCC(OCCOCCOCCOC)C(=N)N. The average Bonchev–Trinajstić information content (AvgIpc) is 2.31. The van der Waals surface area contributed by atoms with E-state index in [1.807, 2.05) is 6.92 Å². The van der Waals surface area contributed by atoms with E-state index < -0.39 is 0 Å². The van der Waals surface area contributed by atoms with Crippen LogP contribution < -0.4 is 5.73 Å². The van der Waals surface area contributed by atoms with Crippen molar-refractivity contribution >= 4 is 5.84 Å². The molecule has 1 atom stereocenters. The Labute approximate surface area is 103 Å². The summed E-state index contributed by atoms with van der Waals surface area (Å²) in [5, 5.41) is 7.24. The number of rotatable bonds is 12. The van der Waals surface area contributed by atoms with Gasteiger partial charge in [-0.1, -0.05) is 6.92 Å². The molecule has 0 aromatic heterocycles. The first-order valence-corrected chi connectivity index (χ1v) is 5.82. The van der Waals surface area contributed by atoms with Crippen LogP contribution in [0.3, 0.4) is 0 Å². The van der Waals surface area contributed by atoms with Gasteiger partial charge >= 0.3 is 0 Å². The molecule has 0 bridgehead atoms. The molecular weight excluding hydrogens is 224 g/mol. The molecule has 17 heavy (non-hydrogen) atoms. The molecule has 0 aliphatic heterocycles. The first kappa shape index (κ1) is 16.3. The number of methoxy groups -OCH3 is 1. The molecular formula is C11H24N2O4. The Balaban J connectivity index is 3.20. The van der Waals surface area contributed by atoms with Crippen LogP contribution in [0.15, 0.2) is 0 Å². The molecule has 0 aliphatic rings. The summed E-state index contributed by atoms with van der Waals surface area (Å²) in [4.78, 5) is 0. The maximum atomic E-state index is 7.24. The van der Waals surface area contributed by atoms with Crippen molar-refractivity contribution in [1.29, 1.82) is 5.41 Å². The van der Waals surface area contributed by atoms with Crippen LogP contribution in [-0.4, -0.2) is 58.7 Å². The monoisotopic (exact) mass is 248 g/mol. The highest BCUT2D eigenvalue weighted by molar-refractivity contribution is 5.81. The van der Waals surface area contributed by atoms with Gasteiger partial charge in [-0.25, -0.2) is 0 Å². The number of nitrogens with one attached hydrogen (secondary N) is 1. The van der Waals surface area contributed by atoms with Crippen molar-refractivity contribution in [2.75, 3.05) is 46.8 Å². The summed E-state index contributed by atoms with van der Waals surface area (Å²) in [7, 11) is 1.64. The minimum atomic E-state index is -0.295. The van der Waals surface area contributed by atoms with Gasteiger partial charge in [-0.15, -0.1) is 0 Å². The van der Waals surface area contributed by atoms with Crippen molar-refractivity contribution in [3.05, 3.63) is 0 Å². The lowest BCUT2D eigenvalue weighted by atomic mass is 10.2. The van der Waals surface area contributed by atoms with Crippen LogP contribution >= 0.6 is 0 Å². The molecule has 102 valence electrons. The highest BCUT2D eigenvalue weighted by atomic mass is 16.6. The molecule has 0 saturated heterocycles. The van der Waals surface area contributed by atoms with E-state index >= 15 is 0 Å². The molecule has 3 N–H and O–H groups in total. The van der Waals surface area contributed by atoms with Crippen molar-refractivity contribution < 1.29 is 18.9 Å². The molecule has 0 saturated carbocycles. The highest BCUT2D eigenvalue weighted by Gasteiger charge is 2.08. The summed E-state index contributed by atoms with van der Waals surface area (Å²) in [6.45, 7) is 5.11. The second kappa shape index (κ2) is 11.8. The minimum Gasteiger partial charge on any atom is -0.385 e. The molecule has 0 radical (unpaired) electrons. The van der Waals surface area contributed by atoms with Gasteiger partial charge in [0.15, 0.2) is 0 Å². The summed E-state index contributed by atoms with van der Waals surface area (Å²) in [5.74, 6) is 0.0652. The fraction of sp³-hybridized carbons (Fsp3) is 0.909. The Bertz CT molecular complexity index is 190. The summed E-state index contributed by atoms with van der Waals surface area (Å²) in [6, 6.07) is 0. The van der Waals surface area contributed by atoms with Crippen molar-refractivity contribution in [3.8, 4) is 0 Å². The first-order chi connectivity index (χ1) is 8.22. The lowest BCUT2D eigenvalue weighted by Gasteiger charge is -2.14. The number of hydrogen-bond acceptors (Lipinski definition) is 5. The lowest BCUT2D eigenvalue weighted by molar-refractivity contribution is -0.00402. The molecule has 0 rings (SSSR count). The van der Waals surface area contributed by atoms with Gasteiger partial charge in [0.2, 0.25) is 0 Å². The molecule has 0 aliphatic carbocycles. The molecule has 0 aromatic rings. The van der Waals surface area contributed by atoms with Crippen LogP contribution in [-0.2, 0) is 18.9 Å². The molecule has 0 aromatic carbocycles. The van der Waals surface area contributed by atoms with Crippen LogP contribution in [0.25, 0.3) is 0 Å². The standard InChI is InChI=1S/C11H24N2O4/c1-3-10(11(12)13)17-9-8-16-7-6-15-5-4-14-2/h10H,3-9H2,1-2H3,(H3,12,13). The van der Waals surface area contributed by atoms with Gasteiger partial charge in [0.05, 0.1) is 39.6 Å². The van der Waals surface area contributed by atoms with Gasteiger partial charge in [0, 0.05) is 7.11 Å². The minimum absolute atomic E-state index is 0.0652. The van der Waals surface area contributed by atoms with Gasteiger partial charge < -0.3 is 24.7 Å². The Morgan fingerprint density at radius 1 is 1.06 bits per heavy atom. The van der Waals surface area contributed by atoms with E-state index in [2.05, 4.69) is 0 Å². The van der Waals surface area contributed by atoms with E-state index in [1.165, 1.54) is 0 Å². The number of amidine groups is 1. The topological polar surface area (TPSA) is 86.8 Å². The third kappa shape index (κ3) is 10.2. The Morgan fingerprint density at radius 2 is 1.59 bits per heavy atom. The van der Waals surface area contributed by atoms with Crippen molar-refractivity contribution in [2.45, 2.75) is 19.4 Å². The highest BCUT2D eigenvalue weighted by Crippen LogP contribution is 1.96. The predicted octanol–water partition coefficient (Wildman–Crippen LogP) is 0.397. The number of nitrogens with two attached hydrogens (primary N) is 1. The lowest BCUT2D eigenvalue weighted by Crippen LogP contribution is -2.31. The smallest absolute Gasteiger partial charge is 0.120 e. The number of hydrogen-bond donors (Lipinski definition) is 2.